The summed E-state index contributed by atoms with van der Waals surface area (Å²) in [5, 5.41) is 2.51. The first kappa shape index (κ1) is 30.5. The maximum absolute atomic E-state index is 7.04. The van der Waals surface area contributed by atoms with Crippen LogP contribution in [0.1, 0.15) is 44.5 Å². The fourth-order valence-corrected chi connectivity index (χ4v) is 10.2. The third kappa shape index (κ3) is 4.07. The molecule has 2 unspecified atom stereocenters. The Morgan fingerprint density at radius 1 is 0.291 bits per heavy atom. The van der Waals surface area contributed by atoms with Gasteiger partial charge in [0, 0.05) is 16.7 Å². The molecule has 0 N–H and O–H groups in total. The minimum Gasteiger partial charge on any atom is -0.456 e. The van der Waals surface area contributed by atoms with E-state index >= 15 is 0 Å². The number of para-hydroxylation sites is 2. The van der Waals surface area contributed by atoms with Crippen LogP contribution in [0.2, 0.25) is 0 Å². The molecule has 256 valence electrons. The van der Waals surface area contributed by atoms with E-state index in [1.165, 1.54) is 77.5 Å². The first-order valence-electron chi connectivity index (χ1n) is 19.2. The highest BCUT2D eigenvalue weighted by molar-refractivity contribution is 5.96. The minimum atomic E-state index is -0.528. The highest BCUT2D eigenvalue weighted by atomic mass is 16.5. The number of rotatable bonds is 5. The van der Waals surface area contributed by atoms with Gasteiger partial charge in [0.1, 0.15) is 11.5 Å². The van der Waals surface area contributed by atoms with Gasteiger partial charge in [-0.25, -0.2) is 0 Å². The molecule has 8 aromatic carbocycles. The van der Waals surface area contributed by atoms with Crippen LogP contribution in [0.4, 0.5) is 0 Å². The topological polar surface area (TPSA) is 9.23 Å². The van der Waals surface area contributed by atoms with Crippen molar-refractivity contribution in [2.24, 2.45) is 0 Å². The highest BCUT2D eigenvalue weighted by Crippen LogP contribution is 2.61. The van der Waals surface area contributed by atoms with Gasteiger partial charge in [-0.2, -0.15) is 0 Å². The second-order valence-corrected chi connectivity index (χ2v) is 15.1. The molecule has 0 amide bonds. The molecule has 0 radical (unpaired) electrons. The summed E-state index contributed by atoms with van der Waals surface area (Å²) >= 11 is 0. The van der Waals surface area contributed by atoms with Crippen LogP contribution >= 0.6 is 0 Å². The Balaban J connectivity index is 1.08. The minimum absolute atomic E-state index is 0.485. The second-order valence-electron chi connectivity index (χ2n) is 15.1. The van der Waals surface area contributed by atoms with Crippen LogP contribution in [0.25, 0.3) is 44.2 Å². The van der Waals surface area contributed by atoms with E-state index in [1.54, 1.807) is 0 Å². The smallest absolute Gasteiger partial charge is 0.140 e. The number of ether oxygens (including phenoxy) is 1. The lowest BCUT2D eigenvalue weighted by Crippen LogP contribution is -2.34. The van der Waals surface area contributed by atoms with Crippen molar-refractivity contribution in [2.45, 2.75) is 10.8 Å². The molecule has 0 spiro atoms. The summed E-state index contributed by atoms with van der Waals surface area (Å²) in [4.78, 5) is 0. The zero-order valence-electron chi connectivity index (χ0n) is 30.0. The van der Waals surface area contributed by atoms with Gasteiger partial charge in [0.05, 0.1) is 10.8 Å². The number of hydrogen-bond acceptors (Lipinski definition) is 1. The van der Waals surface area contributed by atoms with E-state index in [0.717, 1.165) is 22.6 Å². The van der Waals surface area contributed by atoms with Crippen molar-refractivity contribution >= 4 is 10.8 Å². The molecule has 0 bridgehead atoms. The zero-order chi connectivity index (χ0) is 36.1. The van der Waals surface area contributed by atoms with Gasteiger partial charge in [-0.3, -0.25) is 0 Å². The standard InChI is InChI=1S/C54H34O/c1-3-16-39(17-4-1)53(46-22-10-9-20-43(46)45-32-36-14-7-8-15-37(36)34-50(45)53)41-29-26-35(27-30-41)42-21-13-24-49-52(42)55-51-25-12-11-23-48(51)54(49,40-18-5-2-6-19-40)47-31-28-38-33-44(38)47/h1-34H. The molecule has 1 nitrogen and oxygen atoms in total. The summed E-state index contributed by atoms with van der Waals surface area (Å²) in [6.07, 6.45) is 0. The average Bonchev–Trinajstić information content (AvgIpc) is 3.82. The summed E-state index contributed by atoms with van der Waals surface area (Å²) < 4.78 is 7.04. The molecule has 8 aromatic rings. The number of benzene rings is 9. The van der Waals surface area contributed by atoms with Crippen molar-refractivity contribution < 1.29 is 4.74 Å². The Bertz CT molecular complexity index is 3000. The van der Waals surface area contributed by atoms with Gasteiger partial charge in [0.15, 0.2) is 0 Å². The third-order valence-electron chi connectivity index (χ3n) is 12.5. The summed E-state index contributed by atoms with van der Waals surface area (Å²) in [5.74, 6) is 1.81. The lowest BCUT2D eigenvalue weighted by atomic mass is 9.63. The molecule has 55 heavy (non-hydrogen) atoms. The maximum Gasteiger partial charge on any atom is 0.140 e. The summed E-state index contributed by atoms with van der Waals surface area (Å²) in [6, 6.07) is 76.1. The van der Waals surface area contributed by atoms with E-state index in [9.17, 15) is 0 Å². The van der Waals surface area contributed by atoms with Gasteiger partial charge in [0.2, 0.25) is 0 Å². The SMILES string of the molecule is c1ccc(C2(c3ccc(-c4cccc5c4Oc4ccccc4C5(c4ccccc4)c4ccc5cc4-5)cc3)c3ccccc3-c3cc4ccccc4cc32)cc1. The first-order valence-corrected chi connectivity index (χ1v) is 19.2. The zero-order valence-corrected chi connectivity index (χ0v) is 30.0. The average molecular weight is 699 g/mol. The monoisotopic (exact) mass is 698 g/mol. The fourth-order valence-electron chi connectivity index (χ4n) is 10.2. The molecule has 3 aliphatic carbocycles. The maximum atomic E-state index is 7.04. The molecular weight excluding hydrogens is 665 g/mol. The Morgan fingerprint density at radius 2 is 0.855 bits per heavy atom. The molecule has 0 fully saturated rings. The van der Waals surface area contributed by atoms with Gasteiger partial charge < -0.3 is 4.74 Å². The molecule has 2 atom stereocenters. The predicted octanol–water partition coefficient (Wildman–Crippen LogP) is 13.3. The summed E-state index contributed by atoms with van der Waals surface area (Å²) in [7, 11) is 0. The van der Waals surface area contributed by atoms with Crippen LogP contribution in [0, 0.1) is 0 Å². The normalized spacial score (nSPS) is 18.1. The van der Waals surface area contributed by atoms with E-state index in [1.807, 2.05) is 0 Å². The predicted molar refractivity (Wildman–Crippen MR) is 224 cm³/mol. The van der Waals surface area contributed by atoms with E-state index in [-0.39, 0.29) is 0 Å². The van der Waals surface area contributed by atoms with E-state index in [0.29, 0.717) is 0 Å². The molecule has 1 heteroatoms. The first-order chi connectivity index (χ1) is 27.3. The van der Waals surface area contributed by atoms with Gasteiger partial charge in [0.25, 0.3) is 0 Å². The fraction of sp³-hybridized carbons (Fsp3) is 0.0370. The van der Waals surface area contributed by atoms with Crippen molar-refractivity contribution in [3.63, 3.8) is 0 Å². The van der Waals surface area contributed by atoms with Crippen molar-refractivity contribution in [3.05, 3.63) is 251 Å². The molecule has 0 aromatic heterocycles. The summed E-state index contributed by atoms with van der Waals surface area (Å²) in [5.41, 5.74) is 16.5. The van der Waals surface area contributed by atoms with Crippen molar-refractivity contribution in [2.75, 3.05) is 0 Å². The molecular formula is C54H34O. The Morgan fingerprint density at radius 3 is 1.58 bits per heavy atom. The second kappa shape index (κ2) is 11.3. The highest BCUT2D eigenvalue weighted by Gasteiger charge is 2.49. The molecule has 1 heterocycles. The van der Waals surface area contributed by atoms with Crippen LogP contribution in [0.15, 0.2) is 206 Å². The van der Waals surface area contributed by atoms with Crippen LogP contribution in [-0.4, -0.2) is 0 Å². The van der Waals surface area contributed by atoms with Gasteiger partial charge in [-0.1, -0.05) is 182 Å². The van der Waals surface area contributed by atoms with Crippen LogP contribution in [-0.2, 0) is 10.8 Å². The van der Waals surface area contributed by atoms with Crippen molar-refractivity contribution in [1.29, 1.82) is 0 Å². The molecule has 4 aliphatic rings. The third-order valence-corrected chi connectivity index (χ3v) is 12.5. The van der Waals surface area contributed by atoms with Crippen molar-refractivity contribution in [1.82, 2.24) is 0 Å². The van der Waals surface area contributed by atoms with Gasteiger partial charge in [-0.05, 0) is 96.2 Å². The summed E-state index contributed by atoms with van der Waals surface area (Å²) in [6.45, 7) is 0. The molecule has 0 saturated carbocycles. The van der Waals surface area contributed by atoms with Crippen molar-refractivity contribution in [3.8, 4) is 44.9 Å². The van der Waals surface area contributed by atoms with Gasteiger partial charge >= 0.3 is 0 Å². The number of hydrogen-bond donors (Lipinski definition) is 0. The lowest BCUT2D eigenvalue weighted by Gasteiger charge is -2.42. The quantitative estimate of drug-likeness (QED) is 0.174. The Hall–Kier alpha value is -6.96. The Kier molecular flexibility index (Phi) is 6.25. The molecule has 12 rings (SSSR count). The Labute approximate surface area is 320 Å². The number of fused-ring (bicyclic) bond motifs is 7. The van der Waals surface area contributed by atoms with Crippen LogP contribution in [0.3, 0.4) is 0 Å². The lowest BCUT2D eigenvalue weighted by molar-refractivity contribution is 0.436. The van der Waals surface area contributed by atoms with Crippen LogP contribution in [0.5, 0.6) is 11.5 Å². The van der Waals surface area contributed by atoms with E-state index in [4.69, 9.17) is 4.74 Å². The largest absolute Gasteiger partial charge is 0.456 e. The van der Waals surface area contributed by atoms with E-state index in [2.05, 4.69) is 206 Å². The van der Waals surface area contributed by atoms with Crippen LogP contribution < -0.4 is 4.74 Å². The molecule has 0 saturated heterocycles. The van der Waals surface area contributed by atoms with Gasteiger partial charge in [-0.15, -0.1) is 0 Å². The molecule has 1 aliphatic heterocycles. The van der Waals surface area contributed by atoms with E-state index < -0.39 is 10.8 Å².